The molecule has 0 saturated heterocycles. The summed E-state index contributed by atoms with van der Waals surface area (Å²) in [5, 5.41) is 9.24. The SMILES string of the molecule is COc1cc(CN(CC(=O)O)C(=O)CN2Cc3ccccc3C2=O)cc(OC)c1. The Morgan fingerprint density at radius 2 is 1.76 bits per heavy atom. The molecule has 0 aromatic heterocycles. The second-order valence-corrected chi connectivity index (χ2v) is 6.68. The van der Waals surface area contributed by atoms with Crippen LogP contribution in [-0.4, -0.2) is 60.0 Å². The van der Waals surface area contributed by atoms with E-state index in [1.807, 2.05) is 12.1 Å². The van der Waals surface area contributed by atoms with Gasteiger partial charge in [0.1, 0.15) is 24.6 Å². The molecule has 8 nitrogen and oxygen atoms in total. The third-order valence-electron chi connectivity index (χ3n) is 4.69. The molecule has 0 fully saturated rings. The molecule has 0 aliphatic carbocycles. The maximum atomic E-state index is 12.9. The first-order valence-electron chi connectivity index (χ1n) is 9.00. The number of methoxy groups -OCH3 is 2. The first-order valence-corrected chi connectivity index (χ1v) is 9.00. The van der Waals surface area contributed by atoms with Crippen molar-refractivity contribution in [2.45, 2.75) is 13.1 Å². The van der Waals surface area contributed by atoms with Crippen LogP contribution in [-0.2, 0) is 22.7 Å². The molecule has 0 radical (unpaired) electrons. The first kappa shape index (κ1) is 20.2. The minimum absolute atomic E-state index is 0.0493. The number of benzene rings is 2. The number of carbonyl (C=O) groups is 3. The molecule has 0 atom stereocenters. The number of hydrogen-bond donors (Lipinski definition) is 1. The van der Waals surface area contributed by atoms with Crippen molar-refractivity contribution in [1.29, 1.82) is 0 Å². The van der Waals surface area contributed by atoms with E-state index in [1.54, 1.807) is 30.3 Å². The normalized spacial score (nSPS) is 12.5. The average Bonchev–Trinajstić information content (AvgIpc) is 3.02. The summed E-state index contributed by atoms with van der Waals surface area (Å²) >= 11 is 0. The summed E-state index contributed by atoms with van der Waals surface area (Å²) in [6.07, 6.45) is 0. The lowest BCUT2D eigenvalue weighted by molar-refractivity contribution is -0.145. The number of ether oxygens (including phenoxy) is 2. The maximum absolute atomic E-state index is 12.9. The first-order chi connectivity index (χ1) is 13.9. The lowest BCUT2D eigenvalue weighted by Gasteiger charge is -2.24. The fraction of sp³-hybridized carbons (Fsp3) is 0.286. The molecule has 1 heterocycles. The number of carboxylic acids is 1. The van der Waals surface area contributed by atoms with E-state index < -0.39 is 18.4 Å². The van der Waals surface area contributed by atoms with Gasteiger partial charge in [0.15, 0.2) is 0 Å². The molecule has 0 unspecified atom stereocenters. The maximum Gasteiger partial charge on any atom is 0.323 e. The molecular weight excluding hydrogens is 376 g/mol. The summed E-state index contributed by atoms with van der Waals surface area (Å²) in [6, 6.07) is 12.3. The van der Waals surface area contributed by atoms with E-state index >= 15 is 0 Å². The predicted molar refractivity (Wildman–Crippen MR) is 104 cm³/mol. The third kappa shape index (κ3) is 4.66. The minimum atomic E-state index is -1.13. The van der Waals surface area contributed by atoms with Gasteiger partial charge in [0, 0.05) is 24.7 Å². The van der Waals surface area contributed by atoms with Gasteiger partial charge in [-0.15, -0.1) is 0 Å². The van der Waals surface area contributed by atoms with Gasteiger partial charge < -0.3 is 24.4 Å². The lowest BCUT2D eigenvalue weighted by Crippen LogP contribution is -2.42. The molecule has 1 N–H and O–H groups in total. The van der Waals surface area contributed by atoms with Crippen molar-refractivity contribution in [3.63, 3.8) is 0 Å². The zero-order chi connectivity index (χ0) is 21.0. The number of rotatable bonds is 8. The molecule has 3 rings (SSSR count). The van der Waals surface area contributed by atoms with Crippen molar-refractivity contribution < 1.29 is 29.0 Å². The number of carboxylic acid groups (broad SMARTS) is 1. The van der Waals surface area contributed by atoms with E-state index in [0.29, 0.717) is 29.2 Å². The van der Waals surface area contributed by atoms with Gasteiger partial charge in [-0.3, -0.25) is 14.4 Å². The van der Waals surface area contributed by atoms with Crippen molar-refractivity contribution >= 4 is 17.8 Å². The molecule has 2 aromatic rings. The second-order valence-electron chi connectivity index (χ2n) is 6.68. The van der Waals surface area contributed by atoms with E-state index in [9.17, 15) is 19.5 Å². The van der Waals surface area contributed by atoms with Crippen LogP contribution in [0.25, 0.3) is 0 Å². The van der Waals surface area contributed by atoms with E-state index in [-0.39, 0.29) is 19.0 Å². The smallest absolute Gasteiger partial charge is 0.323 e. The van der Waals surface area contributed by atoms with Gasteiger partial charge >= 0.3 is 5.97 Å². The van der Waals surface area contributed by atoms with Crippen molar-refractivity contribution in [3.05, 3.63) is 59.2 Å². The highest BCUT2D eigenvalue weighted by atomic mass is 16.5. The monoisotopic (exact) mass is 398 g/mol. The van der Waals surface area contributed by atoms with Gasteiger partial charge in [-0.2, -0.15) is 0 Å². The highest BCUT2D eigenvalue weighted by Crippen LogP contribution is 2.25. The molecule has 152 valence electrons. The Balaban J connectivity index is 1.76. The Hall–Kier alpha value is -3.55. The Morgan fingerprint density at radius 1 is 1.10 bits per heavy atom. The largest absolute Gasteiger partial charge is 0.497 e. The molecule has 1 aliphatic heterocycles. The zero-order valence-corrected chi connectivity index (χ0v) is 16.3. The van der Waals surface area contributed by atoms with Crippen LogP contribution in [0.15, 0.2) is 42.5 Å². The van der Waals surface area contributed by atoms with Crippen LogP contribution in [0, 0.1) is 0 Å². The molecule has 2 aromatic carbocycles. The number of hydrogen-bond acceptors (Lipinski definition) is 5. The van der Waals surface area contributed by atoms with Gasteiger partial charge in [-0.1, -0.05) is 18.2 Å². The molecule has 29 heavy (non-hydrogen) atoms. The van der Waals surface area contributed by atoms with Crippen LogP contribution in [0.3, 0.4) is 0 Å². The molecule has 1 aliphatic rings. The molecule has 0 saturated carbocycles. The number of aliphatic carboxylic acids is 1. The van der Waals surface area contributed by atoms with Crippen LogP contribution >= 0.6 is 0 Å². The molecule has 8 heteroatoms. The van der Waals surface area contributed by atoms with Crippen LogP contribution in [0.5, 0.6) is 11.5 Å². The molecule has 0 spiro atoms. The highest BCUT2D eigenvalue weighted by Gasteiger charge is 2.30. The van der Waals surface area contributed by atoms with Crippen molar-refractivity contribution in [2.24, 2.45) is 0 Å². The predicted octanol–water partition coefficient (Wildman–Crippen LogP) is 1.77. The van der Waals surface area contributed by atoms with Crippen molar-refractivity contribution in [3.8, 4) is 11.5 Å². The fourth-order valence-corrected chi connectivity index (χ4v) is 3.28. The van der Waals surface area contributed by atoms with Crippen molar-refractivity contribution in [2.75, 3.05) is 27.3 Å². The van der Waals surface area contributed by atoms with Gasteiger partial charge in [0.25, 0.3) is 5.91 Å². The zero-order valence-electron chi connectivity index (χ0n) is 16.3. The topological polar surface area (TPSA) is 96.4 Å². The average molecular weight is 398 g/mol. The molecule has 0 bridgehead atoms. The molecule has 2 amide bonds. The van der Waals surface area contributed by atoms with Gasteiger partial charge in [0.05, 0.1) is 14.2 Å². The Morgan fingerprint density at radius 3 is 2.34 bits per heavy atom. The number of fused-ring (bicyclic) bond motifs is 1. The van der Waals surface area contributed by atoms with Crippen LogP contribution < -0.4 is 9.47 Å². The summed E-state index contributed by atoms with van der Waals surface area (Å²) < 4.78 is 10.5. The summed E-state index contributed by atoms with van der Waals surface area (Å²) in [7, 11) is 3.02. The third-order valence-corrected chi connectivity index (χ3v) is 4.69. The van der Waals surface area contributed by atoms with Gasteiger partial charge in [-0.25, -0.2) is 0 Å². The summed E-state index contributed by atoms with van der Waals surface area (Å²) in [5.74, 6) is -0.744. The van der Waals surface area contributed by atoms with Gasteiger partial charge in [0.2, 0.25) is 5.91 Å². The number of nitrogens with zero attached hydrogens (tertiary/aromatic N) is 2. The van der Waals surface area contributed by atoms with E-state index in [1.165, 1.54) is 24.0 Å². The van der Waals surface area contributed by atoms with Crippen LogP contribution in [0.2, 0.25) is 0 Å². The van der Waals surface area contributed by atoms with Crippen molar-refractivity contribution in [1.82, 2.24) is 9.80 Å². The van der Waals surface area contributed by atoms with Crippen LogP contribution in [0.1, 0.15) is 21.5 Å². The van der Waals surface area contributed by atoms with E-state index in [2.05, 4.69) is 0 Å². The second kappa shape index (κ2) is 8.64. The van der Waals surface area contributed by atoms with E-state index in [0.717, 1.165) is 5.56 Å². The number of amides is 2. The van der Waals surface area contributed by atoms with E-state index in [4.69, 9.17) is 9.47 Å². The Kier molecular flexibility index (Phi) is 6.01. The lowest BCUT2D eigenvalue weighted by atomic mass is 10.1. The summed E-state index contributed by atoms with van der Waals surface area (Å²) in [4.78, 5) is 39.3. The fourth-order valence-electron chi connectivity index (χ4n) is 3.28. The van der Waals surface area contributed by atoms with Gasteiger partial charge in [-0.05, 0) is 29.3 Å². The number of carbonyl (C=O) groups excluding carboxylic acids is 2. The summed E-state index contributed by atoms with van der Waals surface area (Å²) in [6.45, 7) is -0.294. The Labute approximate surface area is 168 Å². The molecular formula is C21H22N2O6. The summed E-state index contributed by atoms with van der Waals surface area (Å²) in [5.41, 5.74) is 2.09. The standard InChI is InChI=1S/C21H22N2O6/c1-28-16-7-14(8-17(9-16)29-2)10-22(13-20(25)26)19(24)12-23-11-15-5-3-4-6-18(15)21(23)27/h3-9H,10-13H2,1-2H3,(H,25,26). The minimum Gasteiger partial charge on any atom is -0.497 e. The van der Waals surface area contributed by atoms with Crippen LogP contribution in [0.4, 0.5) is 0 Å². The quantitative estimate of drug-likeness (QED) is 0.728. The highest BCUT2D eigenvalue weighted by molar-refractivity contribution is 6.00. The Bertz CT molecular complexity index is 920.